The van der Waals surface area contributed by atoms with Crippen LogP contribution in [0.1, 0.15) is 22.8 Å². The second-order valence-electron chi connectivity index (χ2n) is 3.98. The molecule has 0 aliphatic heterocycles. The van der Waals surface area contributed by atoms with Gasteiger partial charge >= 0.3 is 5.97 Å². The second kappa shape index (κ2) is 7.16. The smallest absolute Gasteiger partial charge is 0.338 e. The van der Waals surface area contributed by atoms with Crippen molar-refractivity contribution in [3.8, 4) is 0 Å². The molecule has 0 spiro atoms. The van der Waals surface area contributed by atoms with Gasteiger partial charge in [-0.05, 0) is 47.5 Å². The molecular weight excluding hydrogens is 350 g/mol. The SMILES string of the molecule is CCOCCOC(=O)c1cc(C)c(Br)c(S(N)(=O)=O)c1. The summed E-state index contributed by atoms with van der Waals surface area (Å²) in [6, 6.07) is 2.72. The van der Waals surface area contributed by atoms with Crippen molar-refractivity contribution < 1.29 is 22.7 Å². The molecule has 0 saturated heterocycles. The van der Waals surface area contributed by atoms with Crippen molar-refractivity contribution in [2.24, 2.45) is 5.14 Å². The number of halogens is 1. The normalized spacial score (nSPS) is 11.4. The van der Waals surface area contributed by atoms with E-state index in [9.17, 15) is 13.2 Å². The van der Waals surface area contributed by atoms with E-state index in [0.29, 0.717) is 23.2 Å². The van der Waals surface area contributed by atoms with Crippen LogP contribution in [0.3, 0.4) is 0 Å². The maximum Gasteiger partial charge on any atom is 0.338 e. The summed E-state index contributed by atoms with van der Waals surface area (Å²) in [6.07, 6.45) is 0. The van der Waals surface area contributed by atoms with Gasteiger partial charge < -0.3 is 9.47 Å². The van der Waals surface area contributed by atoms with Crippen LogP contribution in [-0.4, -0.2) is 34.2 Å². The molecule has 20 heavy (non-hydrogen) atoms. The Morgan fingerprint density at radius 1 is 1.35 bits per heavy atom. The number of esters is 1. The minimum absolute atomic E-state index is 0.104. The lowest BCUT2D eigenvalue weighted by atomic mass is 10.1. The summed E-state index contributed by atoms with van der Waals surface area (Å²) in [4.78, 5) is 11.7. The molecule has 0 heterocycles. The largest absolute Gasteiger partial charge is 0.460 e. The van der Waals surface area contributed by atoms with E-state index in [0.717, 1.165) is 0 Å². The van der Waals surface area contributed by atoms with Crippen molar-refractivity contribution in [2.75, 3.05) is 19.8 Å². The van der Waals surface area contributed by atoms with Crippen LogP contribution in [0.2, 0.25) is 0 Å². The van der Waals surface area contributed by atoms with Crippen molar-refractivity contribution in [3.05, 3.63) is 27.7 Å². The fourth-order valence-electron chi connectivity index (χ4n) is 1.48. The first-order valence-electron chi connectivity index (χ1n) is 5.85. The number of sulfonamides is 1. The number of primary sulfonamides is 1. The Balaban J connectivity index is 2.97. The third-order valence-corrected chi connectivity index (χ3v) is 4.68. The van der Waals surface area contributed by atoms with E-state index in [4.69, 9.17) is 14.6 Å². The van der Waals surface area contributed by atoms with Crippen LogP contribution in [0.5, 0.6) is 0 Å². The zero-order valence-electron chi connectivity index (χ0n) is 11.2. The second-order valence-corrected chi connectivity index (χ2v) is 6.31. The lowest BCUT2D eigenvalue weighted by Crippen LogP contribution is -2.16. The standard InChI is InChI=1S/C12H16BrNO5S/c1-3-18-4-5-19-12(15)9-6-8(2)11(13)10(7-9)20(14,16)17/h6-7H,3-5H2,1-2H3,(H2,14,16,17). The molecule has 0 aliphatic carbocycles. The van der Waals surface area contributed by atoms with Gasteiger partial charge in [-0.3, -0.25) is 0 Å². The van der Waals surface area contributed by atoms with E-state index in [1.165, 1.54) is 12.1 Å². The molecule has 0 atom stereocenters. The van der Waals surface area contributed by atoms with Crippen molar-refractivity contribution in [2.45, 2.75) is 18.7 Å². The first-order valence-corrected chi connectivity index (χ1v) is 8.19. The van der Waals surface area contributed by atoms with Crippen molar-refractivity contribution in [3.63, 3.8) is 0 Å². The molecular formula is C12H16BrNO5S. The van der Waals surface area contributed by atoms with Crippen LogP contribution in [0.25, 0.3) is 0 Å². The van der Waals surface area contributed by atoms with Gasteiger partial charge in [-0.1, -0.05) is 0 Å². The third kappa shape index (κ3) is 4.55. The molecule has 8 heteroatoms. The highest BCUT2D eigenvalue weighted by atomic mass is 79.9. The molecule has 0 amide bonds. The van der Waals surface area contributed by atoms with Gasteiger partial charge in [-0.15, -0.1) is 0 Å². The van der Waals surface area contributed by atoms with Crippen LogP contribution in [0.4, 0.5) is 0 Å². The molecule has 0 fully saturated rings. The van der Waals surface area contributed by atoms with Crippen LogP contribution in [-0.2, 0) is 19.5 Å². The number of carbonyl (C=O) groups is 1. The maximum atomic E-state index is 11.8. The van der Waals surface area contributed by atoms with Crippen LogP contribution < -0.4 is 5.14 Å². The van der Waals surface area contributed by atoms with E-state index < -0.39 is 16.0 Å². The fourth-order valence-corrected chi connectivity index (χ4v) is 3.09. The monoisotopic (exact) mass is 365 g/mol. The number of ether oxygens (including phenoxy) is 2. The Hall–Kier alpha value is -0.960. The lowest BCUT2D eigenvalue weighted by Gasteiger charge is -2.09. The van der Waals surface area contributed by atoms with Gasteiger partial charge in [0.15, 0.2) is 0 Å². The van der Waals surface area contributed by atoms with E-state index in [1.54, 1.807) is 6.92 Å². The minimum Gasteiger partial charge on any atom is -0.460 e. The summed E-state index contributed by atoms with van der Waals surface area (Å²) in [7, 11) is -3.92. The Morgan fingerprint density at radius 2 is 2.00 bits per heavy atom. The first kappa shape index (κ1) is 17.1. The van der Waals surface area contributed by atoms with Gasteiger partial charge in [0, 0.05) is 11.1 Å². The summed E-state index contributed by atoms with van der Waals surface area (Å²) in [5.74, 6) is -0.620. The lowest BCUT2D eigenvalue weighted by molar-refractivity contribution is 0.0335. The summed E-state index contributed by atoms with van der Waals surface area (Å²) in [5, 5.41) is 5.11. The zero-order chi connectivity index (χ0) is 15.3. The van der Waals surface area contributed by atoms with E-state index >= 15 is 0 Å². The third-order valence-electron chi connectivity index (χ3n) is 2.43. The van der Waals surface area contributed by atoms with Gasteiger partial charge in [0.2, 0.25) is 10.0 Å². The predicted octanol–water partition coefficient (Wildman–Crippen LogP) is 1.60. The topological polar surface area (TPSA) is 95.7 Å². The highest BCUT2D eigenvalue weighted by Gasteiger charge is 2.19. The minimum atomic E-state index is -3.92. The number of benzene rings is 1. The Kier molecular flexibility index (Phi) is 6.12. The number of hydrogen-bond acceptors (Lipinski definition) is 5. The molecule has 2 N–H and O–H groups in total. The van der Waals surface area contributed by atoms with Gasteiger partial charge in [-0.2, -0.15) is 0 Å². The van der Waals surface area contributed by atoms with Crippen molar-refractivity contribution in [1.82, 2.24) is 0 Å². The highest BCUT2D eigenvalue weighted by Crippen LogP contribution is 2.26. The quantitative estimate of drug-likeness (QED) is 0.609. The summed E-state index contributed by atoms with van der Waals surface area (Å²) >= 11 is 3.14. The van der Waals surface area contributed by atoms with Gasteiger partial charge in [-0.25, -0.2) is 18.4 Å². The Morgan fingerprint density at radius 3 is 2.55 bits per heavy atom. The molecule has 1 aromatic carbocycles. The molecule has 6 nitrogen and oxygen atoms in total. The van der Waals surface area contributed by atoms with Crippen LogP contribution in [0, 0.1) is 6.92 Å². The molecule has 0 radical (unpaired) electrons. The summed E-state index contributed by atoms with van der Waals surface area (Å²) < 4.78 is 33.3. The summed E-state index contributed by atoms with van der Waals surface area (Å²) in [6.45, 7) is 4.42. The maximum absolute atomic E-state index is 11.8. The molecule has 0 saturated carbocycles. The Bertz CT molecular complexity index is 600. The number of nitrogens with two attached hydrogens (primary N) is 1. The van der Waals surface area contributed by atoms with E-state index in [2.05, 4.69) is 15.9 Å². The van der Waals surface area contributed by atoms with Crippen molar-refractivity contribution >= 4 is 31.9 Å². The van der Waals surface area contributed by atoms with E-state index in [-0.39, 0.29) is 17.1 Å². The van der Waals surface area contributed by atoms with Gasteiger partial charge in [0.05, 0.1) is 17.1 Å². The molecule has 1 aromatic rings. The van der Waals surface area contributed by atoms with Crippen molar-refractivity contribution in [1.29, 1.82) is 0 Å². The van der Waals surface area contributed by atoms with Crippen LogP contribution >= 0.6 is 15.9 Å². The average molecular weight is 366 g/mol. The highest BCUT2D eigenvalue weighted by molar-refractivity contribution is 9.10. The zero-order valence-corrected chi connectivity index (χ0v) is 13.6. The average Bonchev–Trinajstić information content (AvgIpc) is 2.36. The van der Waals surface area contributed by atoms with Gasteiger partial charge in [0.1, 0.15) is 6.61 Å². The van der Waals surface area contributed by atoms with E-state index in [1.807, 2.05) is 6.92 Å². The fraction of sp³-hybridized carbons (Fsp3) is 0.417. The number of hydrogen-bond donors (Lipinski definition) is 1. The molecule has 112 valence electrons. The Labute approximate surface area is 126 Å². The number of carbonyl (C=O) groups excluding carboxylic acids is 1. The predicted molar refractivity (Wildman–Crippen MR) is 77.0 cm³/mol. The number of aryl methyl sites for hydroxylation is 1. The molecule has 0 unspecified atom stereocenters. The number of rotatable bonds is 6. The molecule has 0 aromatic heterocycles. The first-order chi connectivity index (χ1) is 9.27. The van der Waals surface area contributed by atoms with Crippen LogP contribution in [0.15, 0.2) is 21.5 Å². The summed E-state index contributed by atoms with van der Waals surface area (Å²) in [5.41, 5.74) is 0.708. The van der Waals surface area contributed by atoms with Gasteiger partial charge in [0.25, 0.3) is 0 Å². The molecule has 0 bridgehead atoms. The molecule has 1 rings (SSSR count). The molecule has 0 aliphatic rings.